The summed E-state index contributed by atoms with van der Waals surface area (Å²) in [6.07, 6.45) is 8.82. The monoisotopic (exact) mass is 362 g/mol. The molecule has 5 nitrogen and oxygen atoms in total. The van der Waals surface area contributed by atoms with Crippen LogP contribution in [0.3, 0.4) is 0 Å². The molecule has 26 heavy (non-hydrogen) atoms. The molecule has 2 amide bonds. The molecule has 5 heteroatoms. The lowest BCUT2D eigenvalue weighted by atomic mass is 9.49. The van der Waals surface area contributed by atoms with E-state index in [0.717, 1.165) is 62.9 Å². The van der Waals surface area contributed by atoms with Gasteiger partial charge in [-0.1, -0.05) is 0 Å². The summed E-state index contributed by atoms with van der Waals surface area (Å²) >= 11 is 0. The summed E-state index contributed by atoms with van der Waals surface area (Å²) in [5.74, 6) is 2.83. The van der Waals surface area contributed by atoms with E-state index in [9.17, 15) is 9.59 Å². The Bertz CT molecular complexity index is 537. The van der Waals surface area contributed by atoms with Gasteiger partial charge in [0.05, 0.1) is 5.41 Å². The maximum Gasteiger partial charge on any atom is 0.407 e. The van der Waals surface area contributed by atoms with Crippen molar-refractivity contribution in [3.63, 3.8) is 0 Å². The first-order valence-electron chi connectivity index (χ1n) is 10.5. The topological polar surface area (TPSA) is 58.6 Å². The van der Waals surface area contributed by atoms with Gasteiger partial charge >= 0.3 is 6.09 Å². The highest BCUT2D eigenvalue weighted by atomic mass is 16.6. The van der Waals surface area contributed by atoms with E-state index in [4.69, 9.17) is 4.74 Å². The molecule has 0 aromatic heterocycles. The Hall–Kier alpha value is -1.26. The molecular weight excluding hydrogens is 328 g/mol. The minimum Gasteiger partial charge on any atom is -0.444 e. The highest BCUT2D eigenvalue weighted by Crippen LogP contribution is 2.60. The van der Waals surface area contributed by atoms with E-state index >= 15 is 0 Å². The zero-order valence-electron chi connectivity index (χ0n) is 16.6. The molecule has 0 radical (unpaired) electrons. The van der Waals surface area contributed by atoms with Crippen LogP contribution >= 0.6 is 0 Å². The molecule has 4 bridgehead atoms. The summed E-state index contributed by atoms with van der Waals surface area (Å²) in [5.41, 5.74) is -0.514. The second-order valence-electron chi connectivity index (χ2n) is 10.4. The number of nitrogens with zero attached hydrogens (tertiary/aromatic N) is 1. The summed E-state index contributed by atoms with van der Waals surface area (Å²) in [5, 5.41) is 2.97. The Morgan fingerprint density at radius 3 is 1.92 bits per heavy atom. The van der Waals surface area contributed by atoms with Crippen molar-refractivity contribution >= 4 is 12.0 Å². The molecule has 146 valence electrons. The Kier molecular flexibility index (Phi) is 4.47. The van der Waals surface area contributed by atoms with Crippen LogP contribution in [-0.2, 0) is 9.53 Å². The van der Waals surface area contributed by atoms with Crippen molar-refractivity contribution < 1.29 is 14.3 Å². The van der Waals surface area contributed by atoms with Crippen LogP contribution in [0.1, 0.15) is 72.1 Å². The van der Waals surface area contributed by atoms with Crippen molar-refractivity contribution in [1.29, 1.82) is 0 Å². The number of likely N-dealkylation sites (tertiary alicyclic amines) is 1. The van der Waals surface area contributed by atoms with E-state index in [0.29, 0.717) is 5.91 Å². The summed E-state index contributed by atoms with van der Waals surface area (Å²) < 4.78 is 5.35. The van der Waals surface area contributed by atoms with Crippen molar-refractivity contribution in [2.75, 3.05) is 13.1 Å². The van der Waals surface area contributed by atoms with Gasteiger partial charge in [-0.05, 0) is 89.9 Å². The van der Waals surface area contributed by atoms with E-state index < -0.39 is 5.60 Å². The molecule has 0 aromatic rings. The van der Waals surface area contributed by atoms with Crippen molar-refractivity contribution in [3.8, 4) is 0 Å². The minimum absolute atomic E-state index is 0.0415. The predicted octanol–water partition coefficient (Wildman–Crippen LogP) is 3.72. The van der Waals surface area contributed by atoms with Gasteiger partial charge in [0, 0.05) is 19.1 Å². The predicted molar refractivity (Wildman–Crippen MR) is 99.6 cm³/mol. The number of alkyl carbamates (subject to hydrolysis) is 1. The van der Waals surface area contributed by atoms with Crippen molar-refractivity contribution in [2.24, 2.45) is 23.2 Å². The average molecular weight is 363 g/mol. The molecule has 1 N–H and O–H groups in total. The molecule has 5 aliphatic rings. The fourth-order valence-corrected chi connectivity index (χ4v) is 6.41. The fraction of sp³-hybridized carbons (Fsp3) is 0.905. The average Bonchev–Trinajstić information content (AvgIpc) is 2.51. The smallest absolute Gasteiger partial charge is 0.407 e. The molecule has 5 fully saturated rings. The molecule has 4 aliphatic carbocycles. The van der Waals surface area contributed by atoms with Gasteiger partial charge in [-0.25, -0.2) is 4.79 Å². The molecule has 0 unspecified atom stereocenters. The van der Waals surface area contributed by atoms with Gasteiger partial charge in [0.25, 0.3) is 0 Å². The molecule has 0 aromatic carbocycles. The van der Waals surface area contributed by atoms with Gasteiger partial charge in [0.15, 0.2) is 0 Å². The van der Waals surface area contributed by atoms with Crippen molar-refractivity contribution in [1.82, 2.24) is 10.2 Å². The lowest BCUT2D eigenvalue weighted by Gasteiger charge is -2.57. The largest absolute Gasteiger partial charge is 0.444 e. The summed E-state index contributed by atoms with van der Waals surface area (Å²) in [6.45, 7) is 7.15. The fourth-order valence-electron chi connectivity index (χ4n) is 6.41. The highest BCUT2D eigenvalue weighted by molar-refractivity contribution is 5.83. The van der Waals surface area contributed by atoms with Crippen molar-refractivity contribution in [2.45, 2.75) is 83.8 Å². The van der Waals surface area contributed by atoms with Crippen LogP contribution in [0.15, 0.2) is 0 Å². The van der Waals surface area contributed by atoms with Gasteiger partial charge < -0.3 is 15.0 Å². The molecule has 0 spiro atoms. The number of hydrogen-bond donors (Lipinski definition) is 1. The Labute approximate surface area is 157 Å². The van der Waals surface area contributed by atoms with Gasteiger partial charge in [-0.3, -0.25) is 4.79 Å². The molecule has 4 saturated carbocycles. The van der Waals surface area contributed by atoms with E-state index in [-0.39, 0.29) is 17.6 Å². The standard InChI is InChI=1S/C21H34N2O3/c1-20(2,3)26-19(25)22-17-4-6-23(7-5-17)18(24)21-11-14-8-15(12-21)10-16(9-14)13-21/h14-17H,4-13H2,1-3H3,(H,22,25). The zero-order chi connectivity index (χ0) is 18.5. The minimum atomic E-state index is -0.473. The first-order chi connectivity index (χ1) is 12.2. The molecule has 1 heterocycles. The van der Waals surface area contributed by atoms with Crippen LogP contribution in [0.25, 0.3) is 0 Å². The Morgan fingerprint density at radius 2 is 1.46 bits per heavy atom. The molecule has 1 saturated heterocycles. The maximum atomic E-state index is 13.4. The van der Waals surface area contributed by atoms with Crippen LogP contribution < -0.4 is 5.32 Å². The number of carbonyl (C=O) groups excluding carboxylic acids is 2. The third-order valence-electron chi connectivity index (χ3n) is 6.99. The summed E-state index contributed by atoms with van der Waals surface area (Å²) in [6, 6.07) is 0.116. The second-order valence-corrected chi connectivity index (χ2v) is 10.4. The van der Waals surface area contributed by atoms with E-state index in [1.165, 1.54) is 19.3 Å². The number of ether oxygens (including phenoxy) is 1. The number of amides is 2. The Morgan fingerprint density at radius 1 is 0.962 bits per heavy atom. The second kappa shape index (κ2) is 6.42. The summed E-state index contributed by atoms with van der Waals surface area (Å²) in [7, 11) is 0. The van der Waals surface area contributed by atoms with E-state index in [1.807, 2.05) is 20.8 Å². The van der Waals surface area contributed by atoms with Crippen LogP contribution in [0.2, 0.25) is 0 Å². The third kappa shape index (κ3) is 3.59. The first kappa shape index (κ1) is 18.1. The SMILES string of the molecule is CC(C)(C)OC(=O)NC1CCN(C(=O)C23CC4CC(CC(C4)C2)C3)CC1. The van der Waals surface area contributed by atoms with Gasteiger partial charge in [0.1, 0.15) is 5.60 Å². The third-order valence-corrected chi connectivity index (χ3v) is 6.99. The highest BCUT2D eigenvalue weighted by Gasteiger charge is 2.55. The lowest BCUT2D eigenvalue weighted by Crippen LogP contribution is -2.57. The normalized spacial score (nSPS) is 36.9. The number of piperidine rings is 1. The molecule has 1 aliphatic heterocycles. The summed E-state index contributed by atoms with van der Waals surface area (Å²) in [4.78, 5) is 27.4. The maximum absolute atomic E-state index is 13.4. The molecule has 0 atom stereocenters. The number of nitrogens with one attached hydrogen (secondary N) is 1. The molecular formula is C21H34N2O3. The van der Waals surface area contributed by atoms with Gasteiger partial charge in [-0.2, -0.15) is 0 Å². The quantitative estimate of drug-likeness (QED) is 0.814. The van der Waals surface area contributed by atoms with Crippen LogP contribution in [-0.4, -0.2) is 41.6 Å². The van der Waals surface area contributed by atoms with Crippen molar-refractivity contribution in [3.05, 3.63) is 0 Å². The van der Waals surface area contributed by atoms with Gasteiger partial charge in [-0.15, -0.1) is 0 Å². The van der Waals surface area contributed by atoms with Crippen LogP contribution in [0.5, 0.6) is 0 Å². The van der Waals surface area contributed by atoms with Crippen LogP contribution in [0, 0.1) is 23.2 Å². The zero-order valence-corrected chi connectivity index (χ0v) is 16.6. The Balaban J connectivity index is 1.31. The lowest BCUT2D eigenvalue weighted by molar-refractivity contribution is -0.158. The number of carbonyl (C=O) groups is 2. The first-order valence-corrected chi connectivity index (χ1v) is 10.5. The van der Waals surface area contributed by atoms with E-state index in [1.54, 1.807) is 0 Å². The molecule has 5 rings (SSSR count). The number of rotatable bonds is 2. The number of hydrogen-bond acceptors (Lipinski definition) is 3. The van der Waals surface area contributed by atoms with Crippen LogP contribution in [0.4, 0.5) is 4.79 Å². The van der Waals surface area contributed by atoms with E-state index in [2.05, 4.69) is 10.2 Å². The van der Waals surface area contributed by atoms with Gasteiger partial charge in [0.2, 0.25) is 5.91 Å².